The molecule has 0 aliphatic carbocycles. The van der Waals surface area contributed by atoms with Crippen molar-refractivity contribution in [2.75, 3.05) is 11.8 Å². The summed E-state index contributed by atoms with van der Waals surface area (Å²) in [4.78, 5) is 16.9. The number of para-hydroxylation sites is 2. The van der Waals surface area contributed by atoms with Gasteiger partial charge in [0, 0.05) is 12.4 Å². The fourth-order valence-corrected chi connectivity index (χ4v) is 4.53. The predicted octanol–water partition coefficient (Wildman–Crippen LogP) is 5.53. The number of aryl methyl sites for hydroxylation is 1. The summed E-state index contributed by atoms with van der Waals surface area (Å²) in [6.07, 6.45) is 5.99. The number of halogens is 1. The van der Waals surface area contributed by atoms with E-state index in [-0.39, 0.29) is 33.3 Å². The molecule has 0 atom stereocenters. The highest BCUT2D eigenvalue weighted by atomic mass is 35.5. The fourth-order valence-electron chi connectivity index (χ4n) is 3.31. The minimum absolute atomic E-state index is 0.0283. The summed E-state index contributed by atoms with van der Waals surface area (Å²) in [6, 6.07) is 15.2. The summed E-state index contributed by atoms with van der Waals surface area (Å²) >= 11 is 6.47. The van der Waals surface area contributed by atoms with E-state index in [2.05, 4.69) is 31.6 Å². The van der Waals surface area contributed by atoms with E-state index in [9.17, 15) is 8.42 Å². The zero-order valence-corrected chi connectivity index (χ0v) is 21.3. The highest BCUT2D eigenvalue weighted by Crippen LogP contribution is 2.39. The molecule has 0 radical (unpaired) electrons. The fraction of sp³-hybridized carbons (Fsp3) is 0.200. The first-order valence-electron chi connectivity index (χ1n) is 11.2. The third-order valence-corrected chi connectivity index (χ3v) is 6.77. The van der Waals surface area contributed by atoms with E-state index in [1.54, 1.807) is 54.6 Å². The SMILES string of the molecule is CCCCc1ccc(S(=O)(=O)Nc2nc(-c3ncccn3)nc(Cl)c2Oc2ccccc2OC)cc1. The second-order valence-corrected chi connectivity index (χ2v) is 9.73. The normalized spacial score (nSPS) is 11.2. The molecule has 2 aromatic carbocycles. The summed E-state index contributed by atoms with van der Waals surface area (Å²) in [5, 5.41) is -0.133. The smallest absolute Gasteiger partial charge is 0.263 e. The van der Waals surface area contributed by atoms with Crippen LogP contribution in [0.5, 0.6) is 17.2 Å². The average molecular weight is 526 g/mol. The first-order valence-corrected chi connectivity index (χ1v) is 13.0. The highest BCUT2D eigenvalue weighted by molar-refractivity contribution is 7.92. The zero-order valence-electron chi connectivity index (χ0n) is 19.7. The lowest BCUT2D eigenvalue weighted by atomic mass is 10.1. The molecule has 0 spiro atoms. The van der Waals surface area contributed by atoms with Crippen molar-refractivity contribution in [3.8, 4) is 28.9 Å². The number of nitrogens with zero attached hydrogens (tertiary/aromatic N) is 4. The number of aromatic nitrogens is 4. The van der Waals surface area contributed by atoms with Crippen molar-refractivity contribution < 1.29 is 17.9 Å². The molecule has 4 rings (SSSR count). The summed E-state index contributed by atoms with van der Waals surface area (Å²) < 4.78 is 40.3. The third kappa shape index (κ3) is 5.89. The zero-order chi connectivity index (χ0) is 25.5. The van der Waals surface area contributed by atoms with Crippen LogP contribution in [0.3, 0.4) is 0 Å². The minimum atomic E-state index is -4.05. The van der Waals surface area contributed by atoms with Crippen LogP contribution in [0, 0.1) is 0 Å². The van der Waals surface area contributed by atoms with Crippen LogP contribution in [0.2, 0.25) is 5.15 Å². The molecular formula is C25H24ClN5O4S. The maximum absolute atomic E-state index is 13.3. The van der Waals surface area contributed by atoms with E-state index in [0.717, 1.165) is 24.8 Å². The molecule has 0 fully saturated rings. The lowest BCUT2D eigenvalue weighted by molar-refractivity contribution is 0.378. The van der Waals surface area contributed by atoms with Gasteiger partial charge in [-0.15, -0.1) is 0 Å². The number of nitrogens with one attached hydrogen (secondary N) is 1. The molecule has 0 aliphatic rings. The van der Waals surface area contributed by atoms with Crippen LogP contribution < -0.4 is 14.2 Å². The Labute approximate surface area is 214 Å². The number of sulfonamides is 1. The van der Waals surface area contributed by atoms with Crippen LogP contribution in [-0.2, 0) is 16.4 Å². The van der Waals surface area contributed by atoms with Crippen LogP contribution in [0.4, 0.5) is 5.82 Å². The van der Waals surface area contributed by atoms with Crippen molar-refractivity contribution in [1.82, 2.24) is 19.9 Å². The van der Waals surface area contributed by atoms with Gasteiger partial charge >= 0.3 is 0 Å². The van der Waals surface area contributed by atoms with Crippen molar-refractivity contribution in [2.45, 2.75) is 31.1 Å². The topological polar surface area (TPSA) is 116 Å². The maximum atomic E-state index is 13.3. The van der Waals surface area contributed by atoms with Crippen LogP contribution in [0.15, 0.2) is 71.9 Å². The van der Waals surface area contributed by atoms with Gasteiger partial charge in [0.15, 0.2) is 28.3 Å². The van der Waals surface area contributed by atoms with E-state index in [1.807, 2.05) is 0 Å². The van der Waals surface area contributed by atoms with E-state index >= 15 is 0 Å². The van der Waals surface area contributed by atoms with E-state index in [4.69, 9.17) is 21.1 Å². The molecule has 0 aliphatic heterocycles. The number of methoxy groups -OCH3 is 1. The van der Waals surface area contributed by atoms with E-state index in [1.165, 1.54) is 19.5 Å². The van der Waals surface area contributed by atoms with Gasteiger partial charge in [-0.05, 0) is 48.7 Å². The largest absolute Gasteiger partial charge is 0.493 e. The molecule has 0 amide bonds. The standard InChI is InChI=1S/C25H24ClN5O4S/c1-3-4-8-17-11-13-18(14-12-17)36(32,33)31-23-21(35-20-10-6-5-9-19(20)34-2)22(26)29-25(30-23)24-27-15-7-16-28-24/h5-7,9-16H,3-4,8H2,1-2H3,(H,29,30,31). The van der Waals surface area contributed by atoms with Gasteiger partial charge in [-0.1, -0.05) is 49.2 Å². The average Bonchev–Trinajstić information content (AvgIpc) is 2.90. The van der Waals surface area contributed by atoms with Gasteiger partial charge in [0.05, 0.1) is 12.0 Å². The number of hydrogen-bond donors (Lipinski definition) is 1. The van der Waals surface area contributed by atoms with Gasteiger partial charge < -0.3 is 9.47 Å². The van der Waals surface area contributed by atoms with Crippen LogP contribution in [0.25, 0.3) is 11.6 Å². The number of anilines is 1. The van der Waals surface area contributed by atoms with Crippen molar-refractivity contribution in [2.24, 2.45) is 0 Å². The molecule has 1 N–H and O–H groups in total. The van der Waals surface area contributed by atoms with Crippen molar-refractivity contribution in [3.63, 3.8) is 0 Å². The van der Waals surface area contributed by atoms with E-state index < -0.39 is 10.0 Å². The summed E-state index contributed by atoms with van der Waals surface area (Å²) in [6.45, 7) is 2.11. The molecule has 11 heteroatoms. The monoisotopic (exact) mass is 525 g/mol. The molecule has 2 aromatic heterocycles. The molecule has 0 saturated heterocycles. The van der Waals surface area contributed by atoms with Gasteiger partial charge in [0.25, 0.3) is 10.0 Å². The van der Waals surface area contributed by atoms with Gasteiger partial charge in [-0.3, -0.25) is 4.72 Å². The number of rotatable bonds is 10. The molecule has 0 unspecified atom stereocenters. The quantitative estimate of drug-likeness (QED) is 0.268. The Morgan fingerprint density at radius 1 is 0.917 bits per heavy atom. The maximum Gasteiger partial charge on any atom is 0.263 e. The molecule has 186 valence electrons. The van der Waals surface area contributed by atoms with Crippen LogP contribution >= 0.6 is 11.6 Å². The van der Waals surface area contributed by atoms with Gasteiger partial charge in [-0.25, -0.2) is 28.4 Å². The Morgan fingerprint density at radius 3 is 2.28 bits per heavy atom. The predicted molar refractivity (Wildman–Crippen MR) is 137 cm³/mol. The molecule has 4 aromatic rings. The minimum Gasteiger partial charge on any atom is -0.493 e. The molecular weight excluding hydrogens is 502 g/mol. The van der Waals surface area contributed by atoms with Crippen LogP contribution in [-0.4, -0.2) is 35.5 Å². The number of benzene rings is 2. The highest BCUT2D eigenvalue weighted by Gasteiger charge is 2.24. The first-order chi connectivity index (χ1) is 17.4. The Hall–Kier alpha value is -3.76. The molecule has 0 saturated carbocycles. The summed E-state index contributed by atoms with van der Waals surface area (Å²) in [5.74, 6) is 0.655. The number of hydrogen-bond acceptors (Lipinski definition) is 8. The number of ether oxygens (including phenoxy) is 2. The van der Waals surface area contributed by atoms with Crippen molar-refractivity contribution in [1.29, 1.82) is 0 Å². The third-order valence-electron chi connectivity index (χ3n) is 5.15. The van der Waals surface area contributed by atoms with Gasteiger partial charge in [-0.2, -0.15) is 0 Å². The molecule has 36 heavy (non-hydrogen) atoms. The molecule has 9 nitrogen and oxygen atoms in total. The Morgan fingerprint density at radius 2 is 1.61 bits per heavy atom. The van der Waals surface area contributed by atoms with Gasteiger partial charge in [0.2, 0.25) is 11.6 Å². The van der Waals surface area contributed by atoms with Crippen molar-refractivity contribution in [3.05, 3.63) is 77.7 Å². The number of unbranched alkanes of at least 4 members (excludes halogenated alkanes) is 1. The van der Waals surface area contributed by atoms with E-state index in [0.29, 0.717) is 11.5 Å². The molecule has 0 bridgehead atoms. The Bertz CT molecular complexity index is 1440. The van der Waals surface area contributed by atoms with Gasteiger partial charge in [0.1, 0.15) is 0 Å². The summed E-state index contributed by atoms with van der Waals surface area (Å²) in [7, 11) is -2.56. The first kappa shape index (κ1) is 25.3. The Balaban J connectivity index is 1.75. The summed E-state index contributed by atoms with van der Waals surface area (Å²) in [5.41, 5.74) is 1.06. The van der Waals surface area contributed by atoms with Crippen LogP contribution in [0.1, 0.15) is 25.3 Å². The Kier molecular flexibility index (Phi) is 7.97. The lowest BCUT2D eigenvalue weighted by Crippen LogP contribution is -2.16. The second-order valence-electron chi connectivity index (χ2n) is 7.69. The van der Waals surface area contributed by atoms with Crippen molar-refractivity contribution >= 4 is 27.4 Å². The molecule has 2 heterocycles. The lowest BCUT2D eigenvalue weighted by Gasteiger charge is -2.16. The second kappa shape index (κ2) is 11.3.